The van der Waals surface area contributed by atoms with Crippen LogP contribution in [0, 0.1) is 17.2 Å². The van der Waals surface area contributed by atoms with Crippen LogP contribution < -0.4 is 5.63 Å². The molecule has 0 aliphatic heterocycles. The van der Waals surface area contributed by atoms with Gasteiger partial charge in [0.2, 0.25) is 0 Å². The van der Waals surface area contributed by atoms with Gasteiger partial charge in [-0.1, -0.05) is 13.8 Å². The van der Waals surface area contributed by atoms with E-state index in [2.05, 4.69) is 13.8 Å². The van der Waals surface area contributed by atoms with Crippen LogP contribution >= 0.6 is 0 Å². The van der Waals surface area contributed by atoms with Gasteiger partial charge >= 0.3 is 5.63 Å². The summed E-state index contributed by atoms with van der Waals surface area (Å²) in [5.74, 6) is 0.398. The largest absolute Gasteiger partial charge is 0.365 e. The van der Waals surface area contributed by atoms with Crippen LogP contribution in [-0.2, 0) is 6.54 Å². The number of nitriles is 1. The Kier molecular flexibility index (Phi) is 2.53. The quantitative estimate of drug-likeness (QED) is 0.772. The van der Waals surface area contributed by atoms with Crippen molar-refractivity contribution in [1.29, 1.82) is 5.26 Å². The van der Waals surface area contributed by atoms with E-state index in [1.54, 1.807) is 22.9 Å². The van der Waals surface area contributed by atoms with E-state index in [4.69, 9.17) is 9.78 Å². The van der Waals surface area contributed by atoms with Gasteiger partial charge in [0.15, 0.2) is 0 Å². The van der Waals surface area contributed by atoms with Crippen molar-refractivity contribution in [3.05, 3.63) is 34.2 Å². The van der Waals surface area contributed by atoms with Crippen LogP contribution in [0.3, 0.4) is 0 Å². The van der Waals surface area contributed by atoms with E-state index in [0.717, 1.165) is 5.52 Å². The topological polar surface area (TPSA) is 58.9 Å². The van der Waals surface area contributed by atoms with Crippen LogP contribution in [0.15, 0.2) is 27.5 Å². The predicted molar refractivity (Wildman–Crippen MR) is 60.0 cm³/mol. The van der Waals surface area contributed by atoms with Gasteiger partial charge in [0, 0.05) is 0 Å². The summed E-state index contributed by atoms with van der Waals surface area (Å²) in [6.07, 6.45) is 0. The molecule has 2 aromatic rings. The average Bonchev–Trinajstić information content (AvgIpc) is 2.54. The highest BCUT2D eigenvalue weighted by atomic mass is 16.5. The fourth-order valence-corrected chi connectivity index (χ4v) is 1.65. The molecular weight excluding hydrogens is 204 g/mol. The van der Waals surface area contributed by atoms with E-state index in [1.165, 1.54) is 0 Å². The van der Waals surface area contributed by atoms with Crippen molar-refractivity contribution in [3.63, 3.8) is 0 Å². The molecule has 0 N–H and O–H groups in total. The Morgan fingerprint density at radius 2 is 2.25 bits per heavy atom. The van der Waals surface area contributed by atoms with Crippen LogP contribution in [-0.4, -0.2) is 4.74 Å². The second-order valence-corrected chi connectivity index (χ2v) is 4.18. The molecule has 1 aromatic carbocycles. The first-order chi connectivity index (χ1) is 7.61. The summed E-state index contributed by atoms with van der Waals surface area (Å²) in [7, 11) is 0. The fraction of sp³-hybridized carbons (Fsp3) is 0.333. The Bertz CT molecular complexity index is 614. The van der Waals surface area contributed by atoms with Crippen molar-refractivity contribution in [2.75, 3.05) is 0 Å². The summed E-state index contributed by atoms with van der Waals surface area (Å²) in [5, 5.41) is 9.22. The summed E-state index contributed by atoms with van der Waals surface area (Å²) >= 11 is 0. The molecule has 0 spiro atoms. The summed E-state index contributed by atoms with van der Waals surface area (Å²) < 4.78 is 6.71. The minimum absolute atomic E-state index is 0.382. The lowest BCUT2D eigenvalue weighted by Crippen LogP contribution is -2.03. The molecule has 4 heteroatoms. The SMILES string of the molecule is CC(C)Cn1oc(=O)c2cc(C#N)ccc21. The minimum Gasteiger partial charge on any atom is -0.335 e. The number of aromatic nitrogens is 1. The molecule has 4 nitrogen and oxygen atoms in total. The summed E-state index contributed by atoms with van der Waals surface area (Å²) in [6.45, 7) is 4.76. The van der Waals surface area contributed by atoms with Crippen molar-refractivity contribution in [2.45, 2.75) is 20.4 Å². The van der Waals surface area contributed by atoms with Gasteiger partial charge in [-0.15, -0.1) is 0 Å². The van der Waals surface area contributed by atoms with E-state index >= 15 is 0 Å². The van der Waals surface area contributed by atoms with E-state index < -0.39 is 0 Å². The number of hydrogen-bond acceptors (Lipinski definition) is 3. The molecular formula is C12H12N2O2. The van der Waals surface area contributed by atoms with Gasteiger partial charge in [0.05, 0.1) is 29.1 Å². The van der Waals surface area contributed by atoms with Crippen LogP contribution in [0.4, 0.5) is 0 Å². The molecule has 1 heterocycles. The third kappa shape index (κ3) is 1.72. The first kappa shape index (κ1) is 10.5. The Labute approximate surface area is 92.7 Å². The summed E-state index contributed by atoms with van der Waals surface area (Å²) in [4.78, 5) is 11.6. The average molecular weight is 216 g/mol. The number of nitrogens with zero attached hydrogens (tertiary/aromatic N) is 2. The fourth-order valence-electron chi connectivity index (χ4n) is 1.65. The van der Waals surface area contributed by atoms with E-state index in [9.17, 15) is 4.79 Å². The second kappa shape index (κ2) is 3.86. The van der Waals surface area contributed by atoms with E-state index in [-0.39, 0.29) is 5.63 Å². The molecule has 0 fully saturated rings. The zero-order chi connectivity index (χ0) is 11.7. The maximum Gasteiger partial charge on any atom is 0.365 e. The smallest absolute Gasteiger partial charge is 0.335 e. The Morgan fingerprint density at radius 1 is 1.50 bits per heavy atom. The van der Waals surface area contributed by atoms with E-state index in [0.29, 0.717) is 23.4 Å². The summed E-state index contributed by atoms with van der Waals surface area (Å²) in [5.41, 5.74) is 0.840. The van der Waals surface area contributed by atoms with Crippen molar-refractivity contribution in [2.24, 2.45) is 5.92 Å². The lowest BCUT2D eigenvalue weighted by molar-refractivity contribution is 0.238. The Hall–Kier alpha value is -2.02. The molecule has 1 aromatic heterocycles. The van der Waals surface area contributed by atoms with Gasteiger partial charge < -0.3 is 4.52 Å². The Morgan fingerprint density at radius 3 is 2.88 bits per heavy atom. The van der Waals surface area contributed by atoms with Gasteiger partial charge in [-0.2, -0.15) is 5.26 Å². The van der Waals surface area contributed by atoms with Gasteiger partial charge in [-0.05, 0) is 24.1 Å². The number of benzene rings is 1. The highest BCUT2D eigenvalue weighted by molar-refractivity contribution is 5.79. The molecule has 0 saturated carbocycles. The Balaban J connectivity index is 2.64. The molecule has 0 bridgehead atoms. The molecule has 2 rings (SSSR count). The summed E-state index contributed by atoms with van der Waals surface area (Å²) in [6, 6.07) is 7.01. The van der Waals surface area contributed by atoms with Crippen LogP contribution in [0.5, 0.6) is 0 Å². The van der Waals surface area contributed by atoms with Crippen LogP contribution in [0.2, 0.25) is 0 Å². The molecule has 82 valence electrons. The molecule has 0 amide bonds. The molecule has 0 saturated heterocycles. The van der Waals surface area contributed by atoms with Crippen molar-refractivity contribution in [3.8, 4) is 6.07 Å². The standard InChI is InChI=1S/C12H12N2O2/c1-8(2)7-14-11-4-3-9(6-13)5-10(11)12(15)16-14/h3-5,8H,7H2,1-2H3. The monoisotopic (exact) mass is 216 g/mol. The number of fused-ring (bicyclic) bond motifs is 1. The zero-order valence-corrected chi connectivity index (χ0v) is 9.23. The van der Waals surface area contributed by atoms with Gasteiger partial charge in [0.25, 0.3) is 0 Å². The molecule has 16 heavy (non-hydrogen) atoms. The van der Waals surface area contributed by atoms with Gasteiger partial charge in [0.1, 0.15) is 0 Å². The van der Waals surface area contributed by atoms with Crippen molar-refractivity contribution in [1.82, 2.24) is 4.74 Å². The lowest BCUT2D eigenvalue weighted by Gasteiger charge is -2.04. The van der Waals surface area contributed by atoms with Gasteiger partial charge in [-0.3, -0.25) is 0 Å². The van der Waals surface area contributed by atoms with Crippen LogP contribution in [0.25, 0.3) is 10.9 Å². The predicted octanol–water partition coefficient (Wildman–Crippen LogP) is 2.12. The third-order valence-corrected chi connectivity index (χ3v) is 2.34. The highest BCUT2D eigenvalue weighted by Gasteiger charge is 2.10. The normalized spacial score (nSPS) is 10.9. The first-order valence-electron chi connectivity index (χ1n) is 5.16. The van der Waals surface area contributed by atoms with E-state index in [1.807, 2.05) is 6.07 Å². The lowest BCUT2D eigenvalue weighted by atomic mass is 10.1. The van der Waals surface area contributed by atoms with Crippen LogP contribution in [0.1, 0.15) is 19.4 Å². The molecule has 0 aliphatic rings. The number of rotatable bonds is 2. The third-order valence-electron chi connectivity index (χ3n) is 2.34. The second-order valence-electron chi connectivity index (χ2n) is 4.18. The highest BCUT2D eigenvalue weighted by Crippen LogP contribution is 2.14. The molecule has 0 atom stereocenters. The molecule has 0 radical (unpaired) electrons. The maximum absolute atomic E-state index is 11.6. The molecule has 0 aliphatic carbocycles. The van der Waals surface area contributed by atoms with Gasteiger partial charge in [-0.25, -0.2) is 9.53 Å². The van der Waals surface area contributed by atoms with Crippen molar-refractivity contribution < 1.29 is 4.52 Å². The molecule has 0 unspecified atom stereocenters. The zero-order valence-electron chi connectivity index (χ0n) is 9.23. The maximum atomic E-state index is 11.6. The van der Waals surface area contributed by atoms with Crippen molar-refractivity contribution >= 4 is 10.9 Å². The first-order valence-corrected chi connectivity index (χ1v) is 5.16. The minimum atomic E-state index is -0.382. The number of hydrogen-bond donors (Lipinski definition) is 0.